The van der Waals surface area contributed by atoms with Crippen LogP contribution in [0.15, 0.2) is 61.2 Å². The second-order valence-electron chi connectivity index (χ2n) is 6.43. The van der Waals surface area contributed by atoms with Crippen molar-refractivity contribution in [3.05, 3.63) is 66.7 Å². The van der Waals surface area contributed by atoms with E-state index in [-0.39, 0.29) is 11.9 Å². The summed E-state index contributed by atoms with van der Waals surface area (Å²) in [4.78, 5) is 21.5. The largest absolute Gasteiger partial charge is 0.310 e. The standard InChI is InChI=1S/C20H18N6O/c1-13(2)26-12-22-25-19(26)17-8-5-9-18(23-17)24-20(27)16-11-21-10-14-6-3-4-7-15(14)16/h3-13H,1-2H3,(H,23,24,27). The molecular weight excluding hydrogens is 340 g/mol. The van der Waals surface area contributed by atoms with Gasteiger partial charge in [-0.2, -0.15) is 0 Å². The third kappa shape index (κ3) is 3.27. The maximum absolute atomic E-state index is 12.8. The van der Waals surface area contributed by atoms with Gasteiger partial charge in [-0.3, -0.25) is 9.78 Å². The number of hydrogen-bond acceptors (Lipinski definition) is 5. The van der Waals surface area contributed by atoms with Crippen LogP contribution in [-0.4, -0.2) is 30.6 Å². The third-order valence-electron chi connectivity index (χ3n) is 4.26. The molecule has 0 aliphatic rings. The summed E-state index contributed by atoms with van der Waals surface area (Å²) in [5, 5.41) is 12.7. The first kappa shape index (κ1) is 16.8. The summed E-state index contributed by atoms with van der Waals surface area (Å²) in [5.74, 6) is 0.853. The quantitative estimate of drug-likeness (QED) is 0.601. The highest BCUT2D eigenvalue weighted by Gasteiger charge is 2.14. The summed E-state index contributed by atoms with van der Waals surface area (Å²) >= 11 is 0. The highest BCUT2D eigenvalue weighted by molar-refractivity contribution is 6.12. The fourth-order valence-corrected chi connectivity index (χ4v) is 2.91. The van der Waals surface area contributed by atoms with Crippen molar-refractivity contribution >= 4 is 22.5 Å². The average Bonchev–Trinajstić information content (AvgIpc) is 3.18. The van der Waals surface area contributed by atoms with Gasteiger partial charge in [0.1, 0.15) is 17.8 Å². The van der Waals surface area contributed by atoms with Crippen LogP contribution >= 0.6 is 0 Å². The van der Waals surface area contributed by atoms with Crippen LogP contribution in [0.3, 0.4) is 0 Å². The molecule has 134 valence electrons. The van der Waals surface area contributed by atoms with E-state index in [1.54, 1.807) is 24.8 Å². The van der Waals surface area contributed by atoms with E-state index in [9.17, 15) is 4.79 Å². The molecule has 0 bridgehead atoms. The number of aromatic nitrogens is 5. The van der Waals surface area contributed by atoms with Crippen molar-refractivity contribution in [3.8, 4) is 11.5 Å². The highest BCUT2D eigenvalue weighted by atomic mass is 16.1. The van der Waals surface area contributed by atoms with E-state index in [0.29, 0.717) is 22.9 Å². The van der Waals surface area contributed by atoms with Gasteiger partial charge >= 0.3 is 0 Å². The number of carbonyl (C=O) groups is 1. The Bertz CT molecular complexity index is 1110. The first-order valence-corrected chi connectivity index (χ1v) is 8.64. The Hall–Kier alpha value is -3.61. The minimum Gasteiger partial charge on any atom is -0.310 e. The number of amides is 1. The molecule has 0 aliphatic heterocycles. The van der Waals surface area contributed by atoms with Gasteiger partial charge in [0.25, 0.3) is 5.91 Å². The van der Waals surface area contributed by atoms with Gasteiger partial charge in [0, 0.05) is 23.8 Å². The van der Waals surface area contributed by atoms with Gasteiger partial charge in [-0.15, -0.1) is 10.2 Å². The lowest BCUT2D eigenvalue weighted by Crippen LogP contribution is -2.14. The van der Waals surface area contributed by atoms with Gasteiger partial charge < -0.3 is 9.88 Å². The minimum atomic E-state index is -0.255. The van der Waals surface area contributed by atoms with E-state index in [1.807, 2.05) is 54.8 Å². The monoisotopic (exact) mass is 358 g/mol. The van der Waals surface area contributed by atoms with Crippen LogP contribution in [0.25, 0.3) is 22.3 Å². The predicted molar refractivity (Wildman–Crippen MR) is 103 cm³/mol. The summed E-state index contributed by atoms with van der Waals surface area (Å²) in [5.41, 5.74) is 1.15. The molecule has 0 saturated carbocycles. The molecule has 1 N–H and O–H groups in total. The molecule has 0 aliphatic carbocycles. The zero-order valence-electron chi connectivity index (χ0n) is 15.0. The zero-order valence-corrected chi connectivity index (χ0v) is 15.0. The molecule has 0 atom stereocenters. The van der Waals surface area contributed by atoms with Gasteiger partial charge in [-0.05, 0) is 31.4 Å². The summed E-state index contributed by atoms with van der Waals surface area (Å²) in [6, 6.07) is 13.3. The predicted octanol–water partition coefficient (Wildman–Crippen LogP) is 3.72. The lowest BCUT2D eigenvalue weighted by molar-refractivity contribution is 0.102. The summed E-state index contributed by atoms with van der Waals surface area (Å²) < 4.78 is 1.93. The van der Waals surface area contributed by atoms with Crippen LogP contribution in [0.4, 0.5) is 5.82 Å². The van der Waals surface area contributed by atoms with E-state index in [2.05, 4.69) is 25.5 Å². The molecule has 3 heterocycles. The molecule has 7 nitrogen and oxygen atoms in total. The molecular formula is C20H18N6O. The normalized spacial score (nSPS) is 11.1. The lowest BCUT2D eigenvalue weighted by atomic mass is 10.1. The second-order valence-corrected chi connectivity index (χ2v) is 6.43. The van der Waals surface area contributed by atoms with Crippen LogP contribution in [0.1, 0.15) is 30.2 Å². The van der Waals surface area contributed by atoms with Gasteiger partial charge in [0.05, 0.1) is 5.56 Å². The Morgan fingerprint density at radius 2 is 1.93 bits per heavy atom. The fraction of sp³-hybridized carbons (Fsp3) is 0.150. The van der Waals surface area contributed by atoms with E-state index >= 15 is 0 Å². The Morgan fingerprint density at radius 3 is 2.78 bits per heavy atom. The Morgan fingerprint density at radius 1 is 1.07 bits per heavy atom. The van der Waals surface area contributed by atoms with Gasteiger partial charge in [-0.25, -0.2) is 4.98 Å². The van der Waals surface area contributed by atoms with Crippen LogP contribution in [-0.2, 0) is 0 Å². The molecule has 0 radical (unpaired) electrons. The first-order chi connectivity index (χ1) is 13.1. The maximum atomic E-state index is 12.8. The maximum Gasteiger partial charge on any atom is 0.259 e. The minimum absolute atomic E-state index is 0.205. The Balaban J connectivity index is 1.65. The summed E-state index contributed by atoms with van der Waals surface area (Å²) in [7, 11) is 0. The molecule has 3 aromatic heterocycles. The molecule has 4 rings (SSSR count). The fourth-order valence-electron chi connectivity index (χ4n) is 2.91. The van der Waals surface area contributed by atoms with E-state index < -0.39 is 0 Å². The molecule has 1 aromatic carbocycles. The number of carbonyl (C=O) groups excluding carboxylic acids is 1. The number of hydrogen-bond donors (Lipinski definition) is 1. The number of fused-ring (bicyclic) bond motifs is 1. The van der Waals surface area contributed by atoms with Gasteiger partial charge in [0.2, 0.25) is 0 Å². The molecule has 7 heteroatoms. The summed E-state index contributed by atoms with van der Waals surface area (Å²) in [6.45, 7) is 4.10. The van der Waals surface area contributed by atoms with Gasteiger partial charge in [0.15, 0.2) is 5.82 Å². The van der Waals surface area contributed by atoms with E-state index in [1.165, 1.54) is 0 Å². The molecule has 4 aromatic rings. The molecule has 0 fully saturated rings. The Labute approximate surface area is 156 Å². The van der Waals surface area contributed by atoms with Crippen LogP contribution < -0.4 is 5.32 Å². The summed E-state index contributed by atoms with van der Waals surface area (Å²) in [6.07, 6.45) is 4.98. The lowest BCUT2D eigenvalue weighted by Gasteiger charge is -2.11. The van der Waals surface area contributed by atoms with Crippen molar-refractivity contribution in [3.63, 3.8) is 0 Å². The van der Waals surface area contributed by atoms with Crippen molar-refractivity contribution in [1.82, 2.24) is 24.7 Å². The van der Waals surface area contributed by atoms with Crippen molar-refractivity contribution in [2.75, 3.05) is 5.32 Å². The third-order valence-corrected chi connectivity index (χ3v) is 4.26. The first-order valence-electron chi connectivity index (χ1n) is 8.64. The van der Waals surface area contributed by atoms with Crippen molar-refractivity contribution in [1.29, 1.82) is 0 Å². The van der Waals surface area contributed by atoms with Crippen molar-refractivity contribution in [2.45, 2.75) is 19.9 Å². The van der Waals surface area contributed by atoms with Crippen molar-refractivity contribution in [2.24, 2.45) is 0 Å². The number of anilines is 1. The number of nitrogens with zero attached hydrogens (tertiary/aromatic N) is 5. The number of nitrogens with one attached hydrogen (secondary N) is 1. The zero-order chi connectivity index (χ0) is 18.8. The number of rotatable bonds is 4. The van der Waals surface area contributed by atoms with Gasteiger partial charge in [-0.1, -0.05) is 30.3 Å². The van der Waals surface area contributed by atoms with Crippen LogP contribution in [0.5, 0.6) is 0 Å². The molecule has 0 spiro atoms. The molecule has 0 saturated heterocycles. The Kier molecular flexibility index (Phi) is 4.33. The molecule has 0 unspecified atom stereocenters. The SMILES string of the molecule is CC(C)n1cnnc1-c1cccc(NC(=O)c2cncc3ccccc23)n1. The second kappa shape index (κ2) is 6.95. The van der Waals surface area contributed by atoms with E-state index in [0.717, 1.165) is 10.8 Å². The topological polar surface area (TPSA) is 85.6 Å². The highest BCUT2D eigenvalue weighted by Crippen LogP contribution is 2.21. The molecule has 1 amide bonds. The number of benzene rings is 1. The molecule has 27 heavy (non-hydrogen) atoms. The van der Waals surface area contributed by atoms with Crippen LogP contribution in [0, 0.1) is 0 Å². The average molecular weight is 358 g/mol. The van der Waals surface area contributed by atoms with E-state index in [4.69, 9.17) is 0 Å². The van der Waals surface area contributed by atoms with Crippen LogP contribution in [0.2, 0.25) is 0 Å². The smallest absolute Gasteiger partial charge is 0.259 e. The van der Waals surface area contributed by atoms with Crippen molar-refractivity contribution < 1.29 is 4.79 Å². The number of pyridine rings is 2.